The molecule has 1 aliphatic rings. The SMILES string of the molecule is COc1ccc(-c2nn(Cc3ccccc3)cc2C(=O)N2CCCN(C)CC2)cc1. The molecule has 0 unspecified atom stereocenters. The van der Waals surface area contributed by atoms with Crippen LogP contribution in [-0.2, 0) is 6.54 Å². The van der Waals surface area contributed by atoms with Crippen LogP contribution in [0.25, 0.3) is 11.3 Å². The van der Waals surface area contributed by atoms with Crippen LogP contribution in [0.3, 0.4) is 0 Å². The Hall–Kier alpha value is -3.12. The second-order valence-electron chi connectivity index (χ2n) is 7.75. The number of likely N-dealkylation sites (N-methyl/N-ethyl adjacent to an activating group) is 1. The van der Waals surface area contributed by atoms with Crippen molar-refractivity contribution in [2.75, 3.05) is 40.3 Å². The highest BCUT2D eigenvalue weighted by Crippen LogP contribution is 2.26. The van der Waals surface area contributed by atoms with Crippen molar-refractivity contribution in [3.63, 3.8) is 0 Å². The van der Waals surface area contributed by atoms with Gasteiger partial charge in [-0.3, -0.25) is 9.48 Å². The first kappa shape index (κ1) is 20.2. The molecule has 0 atom stereocenters. The summed E-state index contributed by atoms with van der Waals surface area (Å²) in [4.78, 5) is 17.7. The number of nitrogens with zero attached hydrogens (tertiary/aromatic N) is 4. The summed E-state index contributed by atoms with van der Waals surface area (Å²) in [6.45, 7) is 4.04. The zero-order chi connectivity index (χ0) is 20.9. The quantitative estimate of drug-likeness (QED) is 0.654. The number of benzene rings is 2. The zero-order valence-corrected chi connectivity index (χ0v) is 17.6. The van der Waals surface area contributed by atoms with Gasteiger partial charge in [-0.05, 0) is 49.8 Å². The van der Waals surface area contributed by atoms with E-state index in [9.17, 15) is 4.79 Å². The topological polar surface area (TPSA) is 50.6 Å². The van der Waals surface area contributed by atoms with Gasteiger partial charge in [-0.1, -0.05) is 30.3 Å². The standard InChI is InChI=1S/C24H28N4O2/c1-26-13-6-14-27(16-15-26)24(29)22-18-28(17-19-7-4-3-5-8-19)25-23(22)20-9-11-21(30-2)12-10-20/h3-5,7-12,18H,6,13-17H2,1-2H3. The maximum Gasteiger partial charge on any atom is 0.257 e. The average Bonchev–Trinajstić information content (AvgIpc) is 3.07. The summed E-state index contributed by atoms with van der Waals surface area (Å²) in [5, 5.41) is 4.80. The Morgan fingerprint density at radius 1 is 1.00 bits per heavy atom. The van der Waals surface area contributed by atoms with Gasteiger partial charge in [0.05, 0.1) is 19.2 Å². The van der Waals surface area contributed by atoms with E-state index in [1.165, 1.54) is 0 Å². The third-order valence-electron chi connectivity index (χ3n) is 5.55. The van der Waals surface area contributed by atoms with Crippen molar-refractivity contribution in [2.24, 2.45) is 0 Å². The molecule has 2 heterocycles. The summed E-state index contributed by atoms with van der Waals surface area (Å²) in [6.07, 6.45) is 2.88. The van der Waals surface area contributed by atoms with Crippen LogP contribution in [-0.4, -0.2) is 65.8 Å². The molecule has 2 aromatic carbocycles. The van der Waals surface area contributed by atoms with E-state index < -0.39 is 0 Å². The Bertz CT molecular complexity index is 982. The van der Waals surface area contributed by atoms with Gasteiger partial charge in [0.25, 0.3) is 5.91 Å². The Morgan fingerprint density at radius 2 is 1.77 bits per heavy atom. The van der Waals surface area contributed by atoms with Crippen LogP contribution >= 0.6 is 0 Å². The van der Waals surface area contributed by atoms with Crippen LogP contribution in [0.1, 0.15) is 22.3 Å². The van der Waals surface area contributed by atoms with Gasteiger partial charge >= 0.3 is 0 Å². The summed E-state index contributed by atoms with van der Waals surface area (Å²) >= 11 is 0. The highest BCUT2D eigenvalue weighted by molar-refractivity contribution is 5.99. The van der Waals surface area contributed by atoms with E-state index in [2.05, 4.69) is 24.1 Å². The largest absolute Gasteiger partial charge is 0.497 e. The van der Waals surface area contributed by atoms with Gasteiger partial charge in [0.2, 0.25) is 0 Å². The molecular weight excluding hydrogens is 376 g/mol. The van der Waals surface area contributed by atoms with Crippen molar-refractivity contribution in [3.05, 3.63) is 71.9 Å². The second kappa shape index (κ2) is 9.13. The molecule has 1 saturated heterocycles. The molecule has 3 aromatic rings. The highest BCUT2D eigenvalue weighted by atomic mass is 16.5. The number of methoxy groups -OCH3 is 1. The molecule has 30 heavy (non-hydrogen) atoms. The lowest BCUT2D eigenvalue weighted by Gasteiger charge is -2.20. The molecule has 156 valence electrons. The van der Waals surface area contributed by atoms with Crippen molar-refractivity contribution in [1.82, 2.24) is 19.6 Å². The molecule has 1 fully saturated rings. The zero-order valence-electron chi connectivity index (χ0n) is 17.6. The second-order valence-corrected chi connectivity index (χ2v) is 7.75. The molecule has 0 radical (unpaired) electrons. The fourth-order valence-corrected chi connectivity index (χ4v) is 3.81. The van der Waals surface area contributed by atoms with E-state index in [-0.39, 0.29) is 5.91 Å². The number of ether oxygens (including phenoxy) is 1. The first-order valence-corrected chi connectivity index (χ1v) is 10.4. The molecule has 0 saturated carbocycles. The van der Waals surface area contributed by atoms with E-state index in [0.717, 1.165) is 55.2 Å². The molecule has 0 aliphatic carbocycles. The minimum absolute atomic E-state index is 0.0513. The van der Waals surface area contributed by atoms with Gasteiger partial charge in [-0.15, -0.1) is 0 Å². The summed E-state index contributed by atoms with van der Waals surface area (Å²) in [6, 6.07) is 17.9. The number of aromatic nitrogens is 2. The van der Waals surface area contributed by atoms with Crippen LogP contribution in [0.5, 0.6) is 5.75 Å². The van der Waals surface area contributed by atoms with Crippen molar-refractivity contribution >= 4 is 5.91 Å². The number of hydrogen-bond donors (Lipinski definition) is 0. The summed E-state index contributed by atoms with van der Waals surface area (Å²) < 4.78 is 7.15. The lowest BCUT2D eigenvalue weighted by molar-refractivity contribution is 0.0763. The summed E-state index contributed by atoms with van der Waals surface area (Å²) in [5.74, 6) is 0.835. The molecule has 1 aromatic heterocycles. The van der Waals surface area contributed by atoms with Gasteiger partial charge in [0, 0.05) is 31.4 Å². The van der Waals surface area contributed by atoms with Crippen LogP contribution < -0.4 is 4.74 Å². The predicted molar refractivity (Wildman–Crippen MR) is 118 cm³/mol. The van der Waals surface area contributed by atoms with Gasteiger partial charge < -0.3 is 14.5 Å². The van der Waals surface area contributed by atoms with Gasteiger partial charge in [-0.25, -0.2) is 0 Å². The molecule has 6 heteroatoms. The van der Waals surface area contributed by atoms with Crippen LogP contribution in [0.2, 0.25) is 0 Å². The first-order chi connectivity index (χ1) is 14.6. The predicted octanol–water partition coefficient (Wildman–Crippen LogP) is 3.38. The third-order valence-corrected chi connectivity index (χ3v) is 5.55. The monoisotopic (exact) mass is 404 g/mol. The number of rotatable bonds is 5. The van der Waals surface area contributed by atoms with E-state index >= 15 is 0 Å². The van der Waals surface area contributed by atoms with Crippen LogP contribution in [0, 0.1) is 0 Å². The molecule has 1 aliphatic heterocycles. The molecule has 0 spiro atoms. The lowest BCUT2D eigenvalue weighted by Crippen LogP contribution is -2.34. The number of amides is 1. The fraction of sp³-hybridized carbons (Fsp3) is 0.333. The fourth-order valence-electron chi connectivity index (χ4n) is 3.81. The minimum Gasteiger partial charge on any atom is -0.497 e. The van der Waals surface area contributed by atoms with E-state index in [4.69, 9.17) is 9.84 Å². The van der Waals surface area contributed by atoms with Crippen molar-refractivity contribution in [3.8, 4) is 17.0 Å². The van der Waals surface area contributed by atoms with E-state index in [1.807, 2.05) is 58.2 Å². The Morgan fingerprint density at radius 3 is 2.50 bits per heavy atom. The Labute approximate surface area is 177 Å². The Balaban J connectivity index is 1.68. The van der Waals surface area contributed by atoms with E-state index in [1.54, 1.807) is 7.11 Å². The minimum atomic E-state index is 0.0513. The van der Waals surface area contributed by atoms with Crippen LogP contribution in [0.15, 0.2) is 60.8 Å². The van der Waals surface area contributed by atoms with Gasteiger partial charge in [-0.2, -0.15) is 5.10 Å². The van der Waals surface area contributed by atoms with Crippen LogP contribution in [0.4, 0.5) is 0 Å². The van der Waals surface area contributed by atoms with Crippen molar-refractivity contribution in [1.29, 1.82) is 0 Å². The maximum absolute atomic E-state index is 13.5. The number of carbonyl (C=O) groups excluding carboxylic acids is 1. The smallest absolute Gasteiger partial charge is 0.257 e. The molecule has 1 amide bonds. The van der Waals surface area contributed by atoms with Gasteiger partial charge in [0.15, 0.2) is 0 Å². The highest BCUT2D eigenvalue weighted by Gasteiger charge is 2.24. The molecule has 0 bridgehead atoms. The lowest BCUT2D eigenvalue weighted by atomic mass is 10.1. The van der Waals surface area contributed by atoms with E-state index in [0.29, 0.717) is 12.1 Å². The Kier molecular flexibility index (Phi) is 6.14. The molecule has 0 N–H and O–H groups in total. The average molecular weight is 405 g/mol. The number of carbonyl (C=O) groups is 1. The van der Waals surface area contributed by atoms with Crippen molar-refractivity contribution < 1.29 is 9.53 Å². The molecule has 6 nitrogen and oxygen atoms in total. The third kappa shape index (κ3) is 4.54. The molecular formula is C24H28N4O2. The first-order valence-electron chi connectivity index (χ1n) is 10.4. The van der Waals surface area contributed by atoms with Crippen molar-refractivity contribution in [2.45, 2.75) is 13.0 Å². The number of hydrogen-bond acceptors (Lipinski definition) is 4. The summed E-state index contributed by atoms with van der Waals surface area (Å²) in [7, 11) is 3.75. The molecule has 4 rings (SSSR count). The normalized spacial score (nSPS) is 15.1. The maximum atomic E-state index is 13.5. The van der Waals surface area contributed by atoms with Gasteiger partial charge in [0.1, 0.15) is 11.4 Å². The summed E-state index contributed by atoms with van der Waals surface area (Å²) in [5.41, 5.74) is 3.44.